The lowest BCUT2D eigenvalue weighted by atomic mass is 10.1. The van der Waals surface area contributed by atoms with Gasteiger partial charge in [0.2, 0.25) is 0 Å². The van der Waals surface area contributed by atoms with Crippen molar-refractivity contribution in [3.8, 4) is 0 Å². The molecular weight excluding hydrogens is 184 g/mol. The van der Waals surface area contributed by atoms with Gasteiger partial charge in [0.05, 0.1) is 0 Å². The summed E-state index contributed by atoms with van der Waals surface area (Å²) < 4.78 is 0. The standard InChI is InChI=1S/C13H20N2/c1-9-4-5-14-8-13(9)11(3)15-7-12-6-10(12)2/h4-5,8,10-12,15H,6-7H2,1-3H3. The van der Waals surface area contributed by atoms with Gasteiger partial charge in [-0.15, -0.1) is 0 Å². The number of aromatic nitrogens is 1. The van der Waals surface area contributed by atoms with Crippen molar-refractivity contribution in [2.24, 2.45) is 11.8 Å². The zero-order chi connectivity index (χ0) is 10.8. The van der Waals surface area contributed by atoms with Crippen LogP contribution >= 0.6 is 0 Å². The van der Waals surface area contributed by atoms with Gasteiger partial charge >= 0.3 is 0 Å². The Morgan fingerprint density at radius 2 is 2.33 bits per heavy atom. The van der Waals surface area contributed by atoms with Crippen LogP contribution in [0.25, 0.3) is 0 Å². The fraction of sp³-hybridized carbons (Fsp3) is 0.615. The molecule has 1 saturated carbocycles. The lowest BCUT2D eigenvalue weighted by molar-refractivity contribution is 0.532. The number of nitrogens with one attached hydrogen (secondary N) is 1. The zero-order valence-electron chi connectivity index (χ0n) is 9.83. The second kappa shape index (κ2) is 4.31. The summed E-state index contributed by atoms with van der Waals surface area (Å²) in [6, 6.07) is 2.50. The van der Waals surface area contributed by atoms with E-state index in [1.54, 1.807) is 0 Å². The van der Waals surface area contributed by atoms with Crippen LogP contribution in [0.15, 0.2) is 18.5 Å². The first-order chi connectivity index (χ1) is 7.18. The maximum absolute atomic E-state index is 4.18. The molecule has 0 amide bonds. The second-order valence-corrected chi connectivity index (χ2v) is 4.84. The molecule has 1 heterocycles. The minimum absolute atomic E-state index is 0.423. The van der Waals surface area contributed by atoms with Crippen LogP contribution < -0.4 is 5.32 Å². The van der Waals surface area contributed by atoms with Crippen molar-refractivity contribution in [3.63, 3.8) is 0 Å². The molecule has 1 aromatic rings. The number of rotatable bonds is 4. The minimum atomic E-state index is 0.423. The molecule has 15 heavy (non-hydrogen) atoms. The minimum Gasteiger partial charge on any atom is -0.310 e. The van der Waals surface area contributed by atoms with Gasteiger partial charge in [0.25, 0.3) is 0 Å². The molecule has 0 aromatic carbocycles. The summed E-state index contributed by atoms with van der Waals surface area (Å²) in [7, 11) is 0. The lowest BCUT2D eigenvalue weighted by Gasteiger charge is -2.15. The summed E-state index contributed by atoms with van der Waals surface area (Å²) in [5.41, 5.74) is 2.65. The SMILES string of the molecule is Cc1ccncc1C(C)NCC1CC1C. The average molecular weight is 204 g/mol. The van der Waals surface area contributed by atoms with Crippen molar-refractivity contribution >= 4 is 0 Å². The summed E-state index contributed by atoms with van der Waals surface area (Å²) in [6.45, 7) is 7.84. The molecule has 0 spiro atoms. The fourth-order valence-electron chi connectivity index (χ4n) is 2.05. The van der Waals surface area contributed by atoms with Crippen molar-refractivity contribution in [3.05, 3.63) is 29.6 Å². The molecule has 0 radical (unpaired) electrons. The van der Waals surface area contributed by atoms with Gasteiger partial charge in [0.15, 0.2) is 0 Å². The number of pyridine rings is 1. The Labute approximate surface area is 92.1 Å². The van der Waals surface area contributed by atoms with Gasteiger partial charge in [-0.3, -0.25) is 4.98 Å². The van der Waals surface area contributed by atoms with E-state index in [4.69, 9.17) is 0 Å². The molecule has 2 nitrogen and oxygen atoms in total. The van der Waals surface area contributed by atoms with Gasteiger partial charge < -0.3 is 5.32 Å². The normalized spacial score (nSPS) is 26.3. The first-order valence-electron chi connectivity index (χ1n) is 5.82. The van der Waals surface area contributed by atoms with E-state index in [1.807, 2.05) is 12.4 Å². The van der Waals surface area contributed by atoms with E-state index in [-0.39, 0.29) is 0 Å². The maximum atomic E-state index is 4.18. The van der Waals surface area contributed by atoms with Crippen LogP contribution in [0.3, 0.4) is 0 Å². The van der Waals surface area contributed by atoms with Gasteiger partial charge in [0.1, 0.15) is 0 Å². The van der Waals surface area contributed by atoms with E-state index in [2.05, 4.69) is 37.1 Å². The fourth-order valence-corrected chi connectivity index (χ4v) is 2.05. The van der Waals surface area contributed by atoms with Crippen LogP contribution in [0.2, 0.25) is 0 Å². The van der Waals surface area contributed by atoms with E-state index in [9.17, 15) is 0 Å². The molecule has 3 atom stereocenters. The van der Waals surface area contributed by atoms with E-state index in [0.717, 1.165) is 18.4 Å². The quantitative estimate of drug-likeness (QED) is 0.815. The third-order valence-electron chi connectivity index (χ3n) is 3.51. The first kappa shape index (κ1) is 10.6. The highest BCUT2D eigenvalue weighted by molar-refractivity contribution is 5.24. The van der Waals surface area contributed by atoms with Crippen molar-refractivity contribution in [1.29, 1.82) is 0 Å². The predicted octanol–water partition coefficient (Wildman–Crippen LogP) is 2.70. The monoisotopic (exact) mass is 204 g/mol. The lowest BCUT2D eigenvalue weighted by Crippen LogP contribution is -2.22. The molecule has 0 aliphatic heterocycles. The number of nitrogens with zero attached hydrogens (tertiary/aromatic N) is 1. The summed E-state index contributed by atoms with van der Waals surface area (Å²) >= 11 is 0. The molecule has 0 bridgehead atoms. The summed E-state index contributed by atoms with van der Waals surface area (Å²) in [6.07, 6.45) is 5.23. The topological polar surface area (TPSA) is 24.9 Å². The molecule has 1 fully saturated rings. The Hall–Kier alpha value is -0.890. The molecule has 1 aliphatic rings. The van der Waals surface area contributed by atoms with Gasteiger partial charge in [-0.1, -0.05) is 6.92 Å². The van der Waals surface area contributed by atoms with Crippen molar-refractivity contribution in [2.45, 2.75) is 33.2 Å². The van der Waals surface area contributed by atoms with E-state index >= 15 is 0 Å². The summed E-state index contributed by atoms with van der Waals surface area (Å²) in [5, 5.41) is 3.59. The van der Waals surface area contributed by atoms with Crippen molar-refractivity contribution in [1.82, 2.24) is 10.3 Å². The van der Waals surface area contributed by atoms with E-state index in [0.29, 0.717) is 6.04 Å². The Kier molecular flexibility index (Phi) is 3.06. The molecule has 3 unspecified atom stereocenters. The van der Waals surface area contributed by atoms with Crippen molar-refractivity contribution < 1.29 is 0 Å². The zero-order valence-corrected chi connectivity index (χ0v) is 9.83. The third-order valence-corrected chi connectivity index (χ3v) is 3.51. The molecule has 1 N–H and O–H groups in total. The highest BCUT2D eigenvalue weighted by Gasteiger charge is 2.32. The van der Waals surface area contributed by atoms with E-state index < -0.39 is 0 Å². The third kappa shape index (κ3) is 2.57. The summed E-state index contributed by atoms with van der Waals surface area (Å²) in [4.78, 5) is 4.18. The molecule has 82 valence electrons. The predicted molar refractivity (Wildman–Crippen MR) is 62.7 cm³/mol. The highest BCUT2D eigenvalue weighted by Crippen LogP contribution is 2.37. The Bertz CT molecular complexity index is 335. The Balaban J connectivity index is 1.90. The molecule has 1 aliphatic carbocycles. The number of aryl methyl sites for hydroxylation is 1. The Morgan fingerprint density at radius 1 is 1.60 bits per heavy atom. The molecule has 0 saturated heterocycles. The highest BCUT2D eigenvalue weighted by atomic mass is 14.9. The van der Waals surface area contributed by atoms with Crippen LogP contribution in [-0.2, 0) is 0 Å². The van der Waals surface area contributed by atoms with Crippen LogP contribution in [0.4, 0.5) is 0 Å². The molecule has 1 aromatic heterocycles. The maximum Gasteiger partial charge on any atom is 0.0318 e. The van der Waals surface area contributed by atoms with Crippen LogP contribution in [0.5, 0.6) is 0 Å². The molecule has 2 rings (SSSR count). The number of hydrogen-bond acceptors (Lipinski definition) is 2. The summed E-state index contributed by atoms with van der Waals surface area (Å²) in [5.74, 6) is 1.84. The van der Waals surface area contributed by atoms with Gasteiger partial charge in [-0.2, -0.15) is 0 Å². The van der Waals surface area contributed by atoms with Gasteiger partial charge in [-0.25, -0.2) is 0 Å². The van der Waals surface area contributed by atoms with Crippen molar-refractivity contribution in [2.75, 3.05) is 6.54 Å². The van der Waals surface area contributed by atoms with Crippen LogP contribution in [0, 0.1) is 18.8 Å². The van der Waals surface area contributed by atoms with Gasteiger partial charge in [0, 0.05) is 18.4 Å². The molecule has 2 heteroatoms. The van der Waals surface area contributed by atoms with Crippen LogP contribution in [-0.4, -0.2) is 11.5 Å². The van der Waals surface area contributed by atoms with Gasteiger partial charge in [-0.05, 0) is 55.8 Å². The largest absolute Gasteiger partial charge is 0.310 e. The Morgan fingerprint density at radius 3 is 2.93 bits per heavy atom. The first-order valence-corrected chi connectivity index (χ1v) is 5.82. The molecular formula is C13H20N2. The van der Waals surface area contributed by atoms with E-state index in [1.165, 1.54) is 17.5 Å². The second-order valence-electron chi connectivity index (χ2n) is 4.84. The average Bonchev–Trinajstić information content (AvgIpc) is 2.92. The van der Waals surface area contributed by atoms with Crippen LogP contribution in [0.1, 0.15) is 37.4 Å². The number of hydrogen-bond donors (Lipinski definition) is 1. The smallest absolute Gasteiger partial charge is 0.0318 e.